The van der Waals surface area contributed by atoms with Crippen LogP contribution >= 0.6 is 0 Å². The molecule has 7 nitrogen and oxygen atoms in total. The van der Waals surface area contributed by atoms with Crippen molar-refractivity contribution < 1.29 is 13.2 Å². The summed E-state index contributed by atoms with van der Waals surface area (Å²) in [5.74, 6) is 0.954. The van der Waals surface area contributed by atoms with E-state index in [-0.39, 0.29) is 5.91 Å². The fraction of sp³-hybridized carbons (Fsp3) is 0.471. The lowest BCUT2D eigenvalue weighted by molar-refractivity contribution is 0.0950. The zero-order valence-corrected chi connectivity index (χ0v) is 15.0. The highest BCUT2D eigenvalue weighted by Crippen LogP contribution is 2.23. The summed E-state index contributed by atoms with van der Waals surface area (Å²) in [4.78, 5) is 14.5. The first kappa shape index (κ1) is 16.4. The quantitative estimate of drug-likeness (QED) is 0.878. The van der Waals surface area contributed by atoms with Gasteiger partial charge in [0.25, 0.3) is 5.91 Å². The minimum absolute atomic E-state index is 0.0362. The van der Waals surface area contributed by atoms with Gasteiger partial charge in [0.15, 0.2) is 0 Å². The predicted octanol–water partition coefficient (Wildman–Crippen LogP) is 0.913. The Morgan fingerprint density at radius 2 is 1.76 bits per heavy atom. The van der Waals surface area contributed by atoms with Crippen LogP contribution in [0.1, 0.15) is 23.2 Å². The predicted molar refractivity (Wildman–Crippen MR) is 96.5 cm³/mol. The minimum Gasteiger partial charge on any atom is -0.355 e. The van der Waals surface area contributed by atoms with Crippen LogP contribution in [0.25, 0.3) is 5.52 Å². The topological polar surface area (TPSA) is 74.1 Å². The van der Waals surface area contributed by atoms with Gasteiger partial charge in [-0.2, -0.15) is 4.31 Å². The molecule has 25 heavy (non-hydrogen) atoms. The van der Waals surface area contributed by atoms with Gasteiger partial charge in [0, 0.05) is 43.9 Å². The average molecular weight is 362 g/mol. The van der Waals surface area contributed by atoms with Crippen molar-refractivity contribution in [2.45, 2.75) is 18.9 Å². The normalized spacial score (nSPS) is 19.3. The van der Waals surface area contributed by atoms with Crippen LogP contribution in [-0.4, -0.2) is 61.5 Å². The van der Waals surface area contributed by atoms with Gasteiger partial charge in [-0.05, 0) is 37.1 Å². The molecule has 1 aliphatic carbocycles. The largest absolute Gasteiger partial charge is 0.355 e. The van der Waals surface area contributed by atoms with Crippen molar-refractivity contribution in [3.05, 3.63) is 36.0 Å². The molecular weight excluding hydrogens is 340 g/mol. The Morgan fingerprint density at radius 1 is 1.08 bits per heavy atom. The number of piperazine rings is 1. The van der Waals surface area contributed by atoms with Gasteiger partial charge in [-0.3, -0.25) is 4.79 Å². The van der Waals surface area contributed by atoms with Crippen LogP contribution in [0.3, 0.4) is 0 Å². The number of nitrogens with one attached hydrogen (secondary N) is 1. The number of amides is 1. The van der Waals surface area contributed by atoms with Gasteiger partial charge < -0.3 is 14.6 Å². The van der Waals surface area contributed by atoms with Crippen LogP contribution in [0.5, 0.6) is 0 Å². The molecular formula is C17H22N4O3S. The molecule has 0 radical (unpaired) electrons. The Balaban J connectivity index is 1.56. The highest BCUT2D eigenvalue weighted by Gasteiger charge is 2.26. The first-order valence-corrected chi connectivity index (χ1v) is 10.4. The Hall–Kier alpha value is -2.06. The average Bonchev–Trinajstić information content (AvgIpc) is 3.30. The van der Waals surface area contributed by atoms with E-state index in [1.54, 1.807) is 0 Å². The van der Waals surface area contributed by atoms with Crippen molar-refractivity contribution in [2.24, 2.45) is 0 Å². The molecule has 2 fully saturated rings. The summed E-state index contributed by atoms with van der Waals surface area (Å²) in [6.45, 7) is 2.23. The van der Waals surface area contributed by atoms with Gasteiger partial charge in [0.1, 0.15) is 5.82 Å². The summed E-state index contributed by atoms with van der Waals surface area (Å²) < 4.78 is 26.8. The summed E-state index contributed by atoms with van der Waals surface area (Å²) in [5.41, 5.74) is 1.66. The number of fused-ring (bicyclic) bond motifs is 1. The van der Waals surface area contributed by atoms with Crippen molar-refractivity contribution >= 4 is 27.3 Å². The Bertz CT molecular complexity index is 909. The Morgan fingerprint density at radius 3 is 2.40 bits per heavy atom. The SMILES string of the molecule is CS(=O)(=O)N1CCN(c2ccc3ccc(C(=O)NC4CC4)cn23)CC1. The number of nitrogens with zero attached hydrogens (tertiary/aromatic N) is 3. The summed E-state index contributed by atoms with van der Waals surface area (Å²) in [6.07, 6.45) is 5.24. The van der Waals surface area contributed by atoms with E-state index in [1.165, 1.54) is 10.6 Å². The van der Waals surface area contributed by atoms with Crippen LogP contribution in [0.15, 0.2) is 30.5 Å². The molecule has 1 amide bonds. The molecule has 1 N–H and O–H groups in total. The maximum Gasteiger partial charge on any atom is 0.252 e. The van der Waals surface area contributed by atoms with Crippen LogP contribution in [0.4, 0.5) is 5.82 Å². The number of sulfonamides is 1. The Labute approximate surface area is 147 Å². The van der Waals surface area contributed by atoms with Gasteiger partial charge in [-0.25, -0.2) is 8.42 Å². The van der Waals surface area contributed by atoms with Crippen molar-refractivity contribution in [2.75, 3.05) is 37.3 Å². The highest BCUT2D eigenvalue weighted by molar-refractivity contribution is 7.88. The van der Waals surface area contributed by atoms with Crippen molar-refractivity contribution in [3.8, 4) is 0 Å². The molecule has 4 rings (SSSR count). The standard InChI is InChI=1S/C17H22N4O3S/c1-25(23,24)20-10-8-19(9-11-20)16-7-6-15-5-2-13(12-21(15)16)17(22)18-14-3-4-14/h2,5-7,12,14H,3-4,8-11H2,1H3,(H,18,22). The zero-order valence-electron chi connectivity index (χ0n) is 14.2. The number of hydrogen-bond acceptors (Lipinski definition) is 4. The molecule has 0 aromatic carbocycles. The van der Waals surface area contributed by atoms with E-state index in [9.17, 15) is 13.2 Å². The lowest BCUT2D eigenvalue weighted by Gasteiger charge is -2.34. The first-order chi connectivity index (χ1) is 11.9. The highest BCUT2D eigenvalue weighted by atomic mass is 32.2. The number of carbonyl (C=O) groups excluding carboxylic acids is 1. The van der Waals surface area contributed by atoms with Crippen molar-refractivity contribution in [3.63, 3.8) is 0 Å². The molecule has 3 heterocycles. The second kappa shape index (κ2) is 6.03. The third-order valence-electron chi connectivity index (χ3n) is 4.84. The molecule has 2 aromatic rings. The molecule has 0 bridgehead atoms. The third-order valence-corrected chi connectivity index (χ3v) is 6.14. The molecule has 0 atom stereocenters. The summed E-state index contributed by atoms with van der Waals surface area (Å²) in [6, 6.07) is 8.15. The lowest BCUT2D eigenvalue weighted by atomic mass is 10.2. The minimum atomic E-state index is -3.14. The molecule has 0 spiro atoms. The molecule has 1 aliphatic heterocycles. The summed E-state index contributed by atoms with van der Waals surface area (Å²) in [7, 11) is -3.14. The third kappa shape index (κ3) is 3.36. The molecule has 1 saturated carbocycles. The number of aromatic nitrogens is 1. The maximum absolute atomic E-state index is 12.3. The van der Waals surface area contributed by atoms with Gasteiger partial charge in [-0.1, -0.05) is 0 Å². The summed E-state index contributed by atoms with van der Waals surface area (Å²) >= 11 is 0. The molecule has 1 saturated heterocycles. The molecule has 0 unspecified atom stereocenters. The van der Waals surface area contributed by atoms with Crippen LogP contribution in [0.2, 0.25) is 0 Å². The molecule has 2 aliphatic rings. The van der Waals surface area contributed by atoms with Gasteiger partial charge >= 0.3 is 0 Å². The monoisotopic (exact) mass is 362 g/mol. The molecule has 8 heteroatoms. The Kier molecular flexibility index (Phi) is 3.96. The van der Waals surface area contributed by atoms with Crippen LogP contribution < -0.4 is 10.2 Å². The fourth-order valence-electron chi connectivity index (χ4n) is 3.22. The molecule has 2 aromatic heterocycles. The zero-order chi connectivity index (χ0) is 17.6. The van der Waals surface area contributed by atoms with Gasteiger partial charge in [0.2, 0.25) is 10.0 Å². The van der Waals surface area contributed by atoms with Crippen LogP contribution in [-0.2, 0) is 10.0 Å². The number of rotatable bonds is 4. The van der Waals surface area contributed by atoms with E-state index in [1.807, 2.05) is 34.9 Å². The van der Waals surface area contributed by atoms with E-state index < -0.39 is 10.0 Å². The smallest absolute Gasteiger partial charge is 0.252 e. The van der Waals surface area contributed by atoms with Gasteiger partial charge in [0.05, 0.1) is 11.8 Å². The second-order valence-corrected chi connectivity index (χ2v) is 8.78. The second-order valence-electron chi connectivity index (χ2n) is 6.80. The van der Waals surface area contributed by atoms with E-state index >= 15 is 0 Å². The maximum atomic E-state index is 12.3. The lowest BCUT2D eigenvalue weighted by Crippen LogP contribution is -2.48. The van der Waals surface area contributed by atoms with Crippen LogP contribution in [0, 0.1) is 0 Å². The fourth-order valence-corrected chi connectivity index (χ4v) is 4.05. The molecule has 134 valence electrons. The van der Waals surface area contributed by atoms with E-state index in [4.69, 9.17) is 0 Å². The number of hydrogen-bond donors (Lipinski definition) is 1. The van der Waals surface area contributed by atoms with E-state index in [0.717, 1.165) is 24.2 Å². The van der Waals surface area contributed by atoms with Crippen molar-refractivity contribution in [1.82, 2.24) is 14.0 Å². The van der Waals surface area contributed by atoms with E-state index in [2.05, 4.69) is 10.2 Å². The van der Waals surface area contributed by atoms with Crippen molar-refractivity contribution in [1.29, 1.82) is 0 Å². The van der Waals surface area contributed by atoms with E-state index in [0.29, 0.717) is 37.8 Å². The van der Waals surface area contributed by atoms with Gasteiger partial charge in [-0.15, -0.1) is 0 Å². The number of carbonyl (C=O) groups is 1. The number of pyridine rings is 1. The first-order valence-electron chi connectivity index (χ1n) is 8.54. The summed E-state index contributed by atoms with van der Waals surface area (Å²) in [5, 5.41) is 3.01. The number of anilines is 1.